The van der Waals surface area contributed by atoms with Crippen molar-refractivity contribution in [3.63, 3.8) is 0 Å². The average molecular weight is 463 g/mol. The smallest absolute Gasteiger partial charge is 0.254 e. The highest BCUT2D eigenvalue weighted by Gasteiger charge is 2.31. The lowest BCUT2D eigenvalue weighted by Crippen LogP contribution is -2.37. The number of amides is 1. The van der Waals surface area contributed by atoms with Crippen molar-refractivity contribution >= 4 is 15.9 Å². The summed E-state index contributed by atoms with van der Waals surface area (Å²) in [5, 5.41) is 0. The number of fused-ring (bicyclic) bond motifs is 1. The van der Waals surface area contributed by atoms with Gasteiger partial charge in [0.25, 0.3) is 5.91 Å². The fourth-order valence-electron chi connectivity index (χ4n) is 4.32. The van der Waals surface area contributed by atoms with Crippen LogP contribution >= 0.6 is 0 Å². The summed E-state index contributed by atoms with van der Waals surface area (Å²) in [5.41, 5.74) is 2.16. The predicted octanol–water partition coefficient (Wildman–Crippen LogP) is 3.22. The third-order valence-electron chi connectivity index (χ3n) is 6.12. The lowest BCUT2D eigenvalue weighted by Gasteiger charge is -2.30. The maximum Gasteiger partial charge on any atom is 0.254 e. The Morgan fingerprint density at radius 1 is 0.938 bits per heavy atom. The Bertz CT molecular complexity index is 1130. The van der Waals surface area contributed by atoms with Crippen LogP contribution in [0.25, 0.3) is 0 Å². The molecule has 0 spiro atoms. The molecule has 0 atom stereocenters. The summed E-state index contributed by atoms with van der Waals surface area (Å²) in [5.74, 6) is 0.0443. The number of carbonyl (C=O) groups excluding carboxylic acids is 1. The van der Waals surface area contributed by atoms with Crippen LogP contribution in [0.4, 0.5) is 4.39 Å². The van der Waals surface area contributed by atoms with E-state index in [2.05, 4.69) is 0 Å². The molecule has 1 fully saturated rings. The first kappa shape index (κ1) is 22.5. The minimum atomic E-state index is -3.99. The number of nitrogens with zero attached hydrogens (tertiary/aromatic N) is 2. The SMILES string of the molecule is COc1cc2c(cc1OC)CN(C(=O)c1ccc(F)c(S(=O)(=O)N3CCCCC3)c1)CC2. The molecule has 0 radical (unpaired) electrons. The molecule has 0 aliphatic carbocycles. The molecule has 7 nitrogen and oxygen atoms in total. The molecule has 1 amide bonds. The van der Waals surface area contributed by atoms with Crippen molar-refractivity contribution in [3.8, 4) is 11.5 Å². The molecular formula is C23H27FN2O5S. The molecule has 4 rings (SSSR count). The molecule has 1 saturated heterocycles. The number of sulfonamides is 1. The van der Waals surface area contributed by atoms with Crippen LogP contribution in [-0.4, -0.2) is 57.4 Å². The number of hydrogen-bond donors (Lipinski definition) is 0. The minimum Gasteiger partial charge on any atom is -0.493 e. The van der Waals surface area contributed by atoms with E-state index in [0.717, 1.165) is 36.5 Å². The van der Waals surface area contributed by atoms with Gasteiger partial charge in [0.2, 0.25) is 10.0 Å². The van der Waals surface area contributed by atoms with Crippen molar-refractivity contribution in [2.45, 2.75) is 37.1 Å². The minimum absolute atomic E-state index is 0.158. The van der Waals surface area contributed by atoms with Crippen LogP contribution in [0.2, 0.25) is 0 Å². The molecule has 172 valence electrons. The van der Waals surface area contributed by atoms with E-state index >= 15 is 0 Å². The molecule has 0 bridgehead atoms. The highest BCUT2D eigenvalue weighted by atomic mass is 32.2. The standard InChI is InChI=1S/C23H27FN2O5S/c1-30-20-12-16-8-11-25(15-18(16)13-21(20)31-2)23(27)17-6-7-19(24)22(14-17)32(28,29)26-9-4-3-5-10-26/h6-7,12-14H,3-5,8-11,15H2,1-2H3. The molecule has 2 aliphatic heterocycles. The Morgan fingerprint density at radius 2 is 1.59 bits per heavy atom. The Balaban J connectivity index is 1.60. The first-order chi connectivity index (χ1) is 15.3. The molecule has 2 heterocycles. The van der Waals surface area contributed by atoms with Gasteiger partial charge in [-0.1, -0.05) is 6.42 Å². The van der Waals surface area contributed by atoms with E-state index < -0.39 is 20.7 Å². The maximum absolute atomic E-state index is 14.5. The van der Waals surface area contributed by atoms with Crippen molar-refractivity contribution < 1.29 is 27.1 Å². The summed E-state index contributed by atoms with van der Waals surface area (Å²) in [6.45, 7) is 1.55. The van der Waals surface area contributed by atoms with Crippen LogP contribution < -0.4 is 9.47 Å². The van der Waals surface area contributed by atoms with E-state index in [-0.39, 0.29) is 11.5 Å². The van der Waals surface area contributed by atoms with Crippen molar-refractivity contribution in [2.75, 3.05) is 33.9 Å². The molecule has 2 aromatic carbocycles. The lowest BCUT2D eigenvalue weighted by molar-refractivity contribution is 0.0734. The van der Waals surface area contributed by atoms with Gasteiger partial charge in [-0.25, -0.2) is 12.8 Å². The molecule has 9 heteroatoms. The first-order valence-electron chi connectivity index (χ1n) is 10.7. The number of methoxy groups -OCH3 is 2. The summed E-state index contributed by atoms with van der Waals surface area (Å²) in [6.07, 6.45) is 3.09. The fourth-order valence-corrected chi connectivity index (χ4v) is 5.92. The molecule has 2 aliphatic rings. The number of piperidine rings is 1. The van der Waals surface area contributed by atoms with E-state index in [9.17, 15) is 17.6 Å². The second-order valence-electron chi connectivity index (χ2n) is 8.06. The summed E-state index contributed by atoms with van der Waals surface area (Å²) in [4.78, 5) is 14.4. The Labute approximate surface area is 187 Å². The van der Waals surface area contributed by atoms with Gasteiger partial charge in [0.15, 0.2) is 11.5 Å². The van der Waals surface area contributed by atoms with Crippen molar-refractivity contribution in [1.82, 2.24) is 9.21 Å². The third kappa shape index (κ3) is 4.19. The Kier molecular flexibility index (Phi) is 6.39. The summed E-state index contributed by atoms with van der Waals surface area (Å²) in [7, 11) is -0.857. The number of rotatable bonds is 5. The summed E-state index contributed by atoms with van der Waals surface area (Å²) < 4.78 is 52.5. The zero-order valence-electron chi connectivity index (χ0n) is 18.3. The molecule has 0 unspecified atom stereocenters. The van der Waals surface area contributed by atoms with Gasteiger partial charge in [-0.05, 0) is 60.7 Å². The molecule has 0 aromatic heterocycles. The Hall–Kier alpha value is -2.65. The fraction of sp³-hybridized carbons (Fsp3) is 0.435. The van der Waals surface area contributed by atoms with E-state index in [1.807, 2.05) is 12.1 Å². The number of halogens is 1. The van der Waals surface area contributed by atoms with Crippen LogP contribution in [0.3, 0.4) is 0 Å². The third-order valence-corrected chi connectivity index (χ3v) is 8.03. The number of hydrogen-bond acceptors (Lipinski definition) is 5. The largest absolute Gasteiger partial charge is 0.493 e. The van der Waals surface area contributed by atoms with E-state index in [1.165, 1.54) is 16.4 Å². The van der Waals surface area contributed by atoms with Crippen molar-refractivity contribution in [1.29, 1.82) is 0 Å². The normalized spacial score (nSPS) is 17.0. The van der Waals surface area contributed by atoms with Gasteiger partial charge >= 0.3 is 0 Å². The number of benzene rings is 2. The van der Waals surface area contributed by atoms with Crippen LogP contribution in [0, 0.1) is 5.82 Å². The van der Waals surface area contributed by atoms with Crippen LogP contribution in [0.5, 0.6) is 11.5 Å². The first-order valence-corrected chi connectivity index (χ1v) is 12.1. The summed E-state index contributed by atoms with van der Waals surface area (Å²) >= 11 is 0. The van der Waals surface area contributed by atoms with Gasteiger partial charge in [0.05, 0.1) is 14.2 Å². The van der Waals surface area contributed by atoms with Gasteiger partial charge in [-0.3, -0.25) is 4.79 Å². The van der Waals surface area contributed by atoms with Crippen LogP contribution in [-0.2, 0) is 23.0 Å². The quantitative estimate of drug-likeness (QED) is 0.682. The highest BCUT2D eigenvalue weighted by molar-refractivity contribution is 7.89. The van der Waals surface area contributed by atoms with Gasteiger partial charge in [-0.2, -0.15) is 4.31 Å². The predicted molar refractivity (Wildman–Crippen MR) is 117 cm³/mol. The second-order valence-corrected chi connectivity index (χ2v) is 9.97. The van der Waals surface area contributed by atoms with E-state index in [4.69, 9.17) is 9.47 Å². The topological polar surface area (TPSA) is 76.1 Å². The van der Waals surface area contributed by atoms with E-state index in [0.29, 0.717) is 44.1 Å². The van der Waals surface area contributed by atoms with E-state index in [1.54, 1.807) is 19.1 Å². The Morgan fingerprint density at radius 3 is 2.25 bits per heavy atom. The molecule has 32 heavy (non-hydrogen) atoms. The molecule has 0 N–H and O–H groups in total. The van der Waals surface area contributed by atoms with Gasteiger partial charge in [0.1, 0.15) is 10.7 Å². The number of ether oxygens (including phenoxy) is 2. The second kappa shape index (κ2) is 9.07. The lowest BCUT2D eigenvalue weighted by atomic mass is 9.98. The van der Waals surface area contributed by atoms with Crippen LogP contribution in [0.1, 0.15) is 40.7 Å². The van der Waals surface area contributed by atoms with Gasteiger partial charge in [0, 0.05) is 31.7 Å². The molecule has 0 saturated carbocycles. The van der Waals surface area contributed by atoms with Crippen LogP contribution in [0.15, 0.2) is 35.2 Å². The monoisotopic (exact) mass is 462 g/mol. The highest BCUT2D eigenvalue weighted by Crippen LogP contribution is 2.34. The van der Waals surface area contributed by atoms with Gasteiger partial charge in [-0.15, -0.1) is 0 Å². The zero-order valence-corrected chi connectivity index (χ0v) is 19.1. The average Bonchev–Trinajstić information content (AvgIpc) is 2.83. The maximum atomic E-state index is 14.5. The molecule has 2 aromatic rings. The van der Waals surface area contributed by atoms with Crippen molar-refractivity contribution in [3.05, 3.63) is 52.8 Å². The van der Waals surface area contributed by atoms with Crippen molar-refractivity contribution in [2.24, 2.45) is 0 Å². The zero-order chi connectivity index (χ0) is 22.9. The molecular weight excluding hydrogens is 435 g/mol. The number of carbonyl (C=O) groups is 1. The summed E-state index contributed by atoms with van der Waals surface area (Å²) in [6, 6.07) is 7.35. The van der Waals surface area contributed by atoms with Gasteiger partial charge < -0.3 is 14.4 Å².